The number of halogens is 1. The Kier molecular flexibility index (Phi) is 3.82. The number of anilines is 1. The van der Waals surface area contributed by atoms with Crippen molar-refractivity contribution < 1.29 is 9.18 Å². The Morgan fingerprint density at radius 2 is 2.15 bits per heavy atom. The van der Waals surface area contributed by atoms with Gasteiger partial charge in [-0.3, -0.25) is 4.79 Å². The van der Waals surface area contributed by atoms with E-state index in [1.807, 2.05) is 9.80 Å². The molecule has 0 spiro atoms. The van der Waals surface area contributed by atoms with Crippen molar-refractivity contribution in [2.75, 3.05) is 37.6 Å². The molecule has 2 fully saturated rings. The molecule has 0 aromatic carbocycles. The van der Waals surface area contributed by atoms with E-state index in [9.17, 15) is 9.18 Å². The highest BCUT2D eigenvalue weighted by Crippen LogP contribution is 2.27. The molecule has 0 saturated carbocycles. The van der Waals surface area contributed by atoms with Crippen LogP contribution in [0.5, 0.6) is 0 Å². The van der Waals surface area contributed by atoms with Crippen molar-refractivity contribution in [1.29, 1.82) is 0 Å². The van der Waals surface area contributed by atoms with E-state index >= 15 is 0 Å². The van der Waals surface area contributed by atoms with Gasteiger partial charge in [-0.25, -0.2) is 9.37 Å². The lowest BCUT2D eigenvalue weighted by atomic mass is 10.1. The zero-order chi connectivity index (χ0) is 13.9. The Balaban J connectivity index is 1.78. The molecule has 2 aliphatic heterocycles. The summed E-state index contributed by atoms with van der Waals surface area (Å²) in [6, 6.07) is 2.70. The van der Waals surface area contributed by atoms with E-state index in [-0.39, 0.29) is 17.8 Å². The van der Waals surface area contributed by atoms with Gasteiger partial charge in [0.15, 0.2) is 11.6 Å². The molecule has 3 heterocycles. The van der Waals surface area contributed by atoms with Crippen LogP contribution in [0.1, 0.15) is 12.8 Å². The molecule has 0 aliphatic carbocycles. The van der Waals surface area contributed by atoms with Gasteiger partial charge in [0, 0.05) is 38.9 Å². The largest absolute Gasteiger partial charge is 0.342 e. The number of nitrogens with zero attached hydrogens (tertiary/aromatic N) is 3. The maximum atomic E-state index is 13.9. The summed E-state index contributed by atoms with van der Waals surface area (Å²) in [5.41, 5.74) is 0. The van der Waals surface area contributed by atoms with E-state index in [1.165, 1.54) is 6.07 Å². The minimum Gasteiger partial charge on any atom is -0.342 e. The second-order valence-electron chi connectivity index (χ2n) is 5.24. The SMILES string of the molecule is O=C(C1CCCN1c1ncccc1F)N1CCNCC1. The number of nitrogens with one attached hydrogen (secondary N) is 1. The Labute approximate surface area is 117 Å². The standard InChI is InChI=1S/C14H19FN4O/c15-11-3-1-5-17-13(11)19-8-2-4-12(19)14(20)18-9-6-16-7-10-18/h1,3,5,12,16H,2,4,6-10H2. The van der Waals surface area contributed by atoms with Gasteiger partial charge in [0.25, 0.3) is 0 Å². The summed E-state index contributed by atoms with van der Waals surface area (Å²) < 4.78 is 13.9. The third-order valence-corrected chi connectivity index (χ3v) is 3.98. The molecule has 0 bridgehead atoms. The number of hydrogen-bond acceptors (Lipinski definition) is 4. The third-order valence-electron chi connectivity index (χ3n) is 3.98. The summed E-state index contributed by atoms with van der Waals surface area (Å²) in [6.45, 7) is 3.81. The molecule has 2 saturated heterocycles. The van der Waals surface area contributed by atoms with Crippen LogP contribution in [0.15, 0.2) is 18.3 Å². The lowest BCUT2D eigenvalue weighted by Gasteiger charge is -2.33. The van der Waals surface area contributed by atoms with Crippen LogP contribution in [-0.2, 0) is 4.79 Å². The zero-order valence-corrected chi connectivity index (χ0v) is 11.4. The van der Waals surface area contributed by atoms with Crippen LogP contribution in [0, 0.1) is 5.82 Å². The van der Waals surface area contributed by atoms with Gasteiger partial charge in [-0.15, -0.1) is 0 Å². The summed E-state index contributed by atoms with van der Waals surface area (Å²) in [7, 11) is 0. The average Bonchev–Trinajstić information content (AvgIpc) is 2.97. The van der Waals surface area contributed by atoms with Gasteiger partial charge in [0.2, 0.25) is 5.91 Å². The minimum absolute atomic E-state index is 0.106. The second kappa shape index (κ2) is 5.75. The van der Waals surface area contributed by atoms with Gasteiger partial charge in [0.05, 0.1) is 0 Å². The maximum absolute atomic E-state index is 13.9. The molecule has 1 aromatic rings. The number of hydrogen-bond donors (Lipinski definition) is 1. The van der Waals surface area contributed by atoms with Crippen molar-refractivity contribution in [3.8, 4) is 0 Å². The number of pyridine rings is 1. The van der Waals surface area contributed by atoms with Crippen molar-refractivity contribution in [2.45, 2.75) is 18.9 Å². The Morgan fingerprint density at radius 1 is 1.35 bits per heavy atom. The highest BCUT2D eigenvalue weighted by Gasteiger charge is 2.35. The van der Waals surface area contributed by atoms with Crippen molar-refractivity contribution in [1.82, 2.24) is 15.2 Å². The highest BCUT2D eigenvalue weighted by molar-refractivity contribution is 5.85. The fourth-order valence-electron chi connectivity index (χ4n) is 2.96. The lowest BCUT2D eigenvalue weighted by Crippen LogP contribution is -2.52. The van der Waals surface area contributed by atoms with Gasteiger partial charge >= 0.3 is 0 Å². The van der Waals surface area contributed by atoms with Gasteiger partial charge < -0.3 is 15.1 Å². The molecule has 1 amide bonds. The summed E-state index contributed by atoms with van der Waals surface area (Å²) >= 11 is 0. The molecular formula is C14H19FN4O. The Morgan fingerprint density at radius 3 is 2.90 bits per heavy atom. The quantitative estimate of drug-likeness (QED) is 0.861. The molecule has 0 radical (unpaired) electrons. The van der Waals surface area contributed by atoms with Gasteiger partial charge in [-0.05, 0) is 25.0 Å². The van der Waals surface area contributed by atoms with Crippen LogP contribution in [0.3, 0.4) is 0 Å². The van der Waals surface area contributed by atoms with E-state index in [0.29, 0.717) is 12.4 Å². The molecule has 20 heavy (non-hydrogen) atoms. The Bertz CT molecular complexity index is 490. The summed E-state index contributed by atoms with van der Waals surface area (Å²) in [6.07, 6.45) is 3.25. The molecule has 1 aromatic heterocycles. The van der Waals surface area contributed by atoms with Crippen molar-refractivity contribution in [2.24, 2.45) is 0 Å². The molecular weight excluding hydrogens is 259 g/mol. The molecule has 6 heteroatoms. The van der Waals surface area contributed by atoms with Crippen LogP contribution in [0.2, 0.25) is 0 Å². The maximum Gasteiger partial charge on any atom is 0.245 e. The summed E-state index contributed by atoms with van der Waals surface area (Å²) in [5.74, 6) is 0.0556. The summed E-state index contributed by atoms with van der Waals surface area (Å²) in [4.78, 5) is 20.4. The average molecular weight is 278 g/mol. The van der Waals surface area contributed by atoms with E-state index in [2.05, 4.69) is 10.3 Å². The van der Waals surface area contributed by atoms with E-state index < -0.39 is 0 Å². The fraction of sp³-hybridized carbons (Fsp3) is 0.571. The predicted molar refractivity (Wildman–Crippen MR) is 74.0 cm³/mol. The van der Waals surface area contributed by atoms with Crippen LogP contribution in [0.25, 0.3) is 0 Å². The summed E-state index contributed by atoms with van der Waals surface area (Å²) in [5, 5.41) is 3.23. The van der Waals surface area contributed by atoms with Crippen LogP contribution in [-0.4, -0.2) is 54.6 Å². The first-order valence-corrected chi connectivity index (χ1v) is 7.14. The molecule has 108 valence electrons. The fourth-order valence-corrected chi connectivity index (χ4v) is 2.96. The first-order valence-electron chi connectivity index (χ1n) is 7.14. The molecule has 1 N–H and O–H groups in total. The highest BCUT2D eigenvalue weighted by atomic mass is 19.1. The van der Waals surface area contributed by atoms with Crippen molar-refractivity contribution in [3.05, 3.63) is 24.1 Å². The number of carbonyl (C=O) groups excluding carboxylic acids is 1. The lowest BCUT2D eigenvalue weighted by molar-refractivity contribution is -0.133. The number of piperazine rings is 1. The molecule has 3 rings (SSSR count). The molecule has 1 unspecified atom stereocenters. The smallest absolute Gasteiger partial charge is 0.245 e. The predicted octanol–water partition coefficient (Wildman–Crippen LogP) is 0.621. The molecule has 1 atom stereocenters. The van der Waals surface area contributed by atoms with Crippen LogP contribution >= 0.6 is 0 Å². The minimum atomic E-state index is -0.354. The van der Waals surface area contributed by atoms with Crippen molar-refractivity contribution in [3.63, 3.8) is 0 Å². The van der Waals surface area contributed by atoms with Gasteiger partial charge in [-0.2, -0.15) is 0 Å². The third kappa shape index (κ3) is 2.47. The molecule has 2 aliphatic rings. The van der Waals surface area contributed by atoms with E-state index in [0.717, 1.165) is 39.0 Å². The zero-order valence-electron chi connectivity index (χ0n) is 11.4. The number of rotatable bonds is 2. The number of carbonyl (C=O) groups is 1. The van der Waals surface area contributed by atoms with Gasteiger partial charge in [-0.1, -0.05) is 0 Å². The van der Waals surface area contributed by atoms with Crippen LogP contribution < -0.4 is 10.2 Å². The molecule has 5 nitrogen and oxygen atoms in total. The van der Waals surface area contributed by atoms with Crippen molar-refractivity contribution >= 4 is 11.7 Å². The number of aromatic nitrogens is 1. The monoisotopic (exact) mass is 278 g/mol. The normalized spacial score (nSPS) is 23.1. The Hall–Kier alpha value is -1.69. The van der Waals surface area contributed by atoms with E-state index in [1.54, 1.807) is 12.3 Å². The second-order valence-corrected chi connectivity index (χ2v) is 5.24. The van der Waals surface area contributed by atoms with Gasteiger partial charge in [0.1, 0.15) is 6.04 Å². The first-order chi connectivity index (χ1) is 9.77. The van der Waals surface area contributed by atoms with Crippen LogP contribution in [0.4, 0.5) is 10.2 Å². The number of amides is 1. The van der Waals surface area contributed by atoms with E-state index in [4.69, 9.17) is 0 Å². The topological polar surface area (TPSA) is 48.5 Å². The first kappa shape index (κ1) is 13.3.